The van der Waals surface area contributed by atoms with Gasteiger partial charge in [0.25, 0.3) is 0 Å². The standard InChI is InChI=1S/C10H10N4O/c1-7-2-4-8(5-3-7)12-9-6-11-14-10(15)13-9/h2-6H,1H3,(H2,12,13,14,15). The molecule has 0 aliphatic rings. The van der Waals surface area contributed by atoms with Crippen LogP contribution in [0.1, 0.15) is 5.56 Å². The van der Waals surface area contributed by atoms with Gasteiger partial charge < -0.3 is 5.32 Å². The second-order valence-corrected chi connectivity index (χ2v) is 3.16. The highest BCUT2D eigenvalue weighted by Gasteiger charge is 1.96. The molecule has 5 heteroatoms. The van der Waals surface area contributed by atoms with Crippen LogP contribution in [0.25, 0.3) is 0 Å². The highest BCUT2D eigenvalue weighted by Crippen LogP contribution is 2.12. The molecule has 0 aliphatic heterocycles. The first-order valence-corrected chi connectivity index (χ1v) is 4.49. The number of benzene rings is 1. The maximum absolute atomic E-state index is 10.9. The van der Waals surface area contributed by atoms with Crippen LogP contribution < -0.4 is 11.0 Å². The van der Waals surface area contributed by atoms with E-state index < -0.39 is 5.69 Å². The number of anilines is 2. The second kappa shape index (κ2) is 3.91. The van der Waals surface area contributed by atoms with Crippen molar-refractivity contribution in [1.29, 1.82) is 0 Å². The fourth-order valence-electron chi connectivity index (χ4n) is 1.16. The molecule has 15 heavy (non-hydrogen) atoms. The van der Waals surface area contributed by atoms with Crippen LogP contribution in [0.5, 0.6) is 0 Å². The molecular weight excluding hydrogens is 192 g/mol. The van der Waals surface area contributed by atoms with E-state index in [-0.39, 0.29) is 0 Å². The van der Waals surface area contributed by atoms with Gasteiger partial charge in [-0.3, -0.25) is 0 Å². The van der Waals surface area contributed by atoms with Crippen molar-refractivity contribution < 1.29 is 0 Å². The predicted octanol–water partition coefficient (Wildman–Crippen LogP) is 1.22. The van der Waals surface area contributed by atoms with Crippen LogP contribution in [0, 0.1) is 6.92 Å². The predicted molar refractivity (Wildman–Crippen MR) is 57.1 cm³/mol. The van der Waals surface area contributed by atoms with Crippen LogP contribution in [-0.2, 0) is 0 Å². The van der Waals surface area contributed by atoms with E-state index >= 15 is 0 Å². The largest absolute Gasteiger partial charge is 0.363 e. The molecule has 0 fully saturated rings. The summed E-state index contributed by atoms with van der Waals surface area (Å²) in [5.74, 6) is 0.433. The highest BCUT2D eigenvalue weighted by molar-refractivity contribution is 5.55. The molecule has 1 aromatic carbocycles. The topological polar surface area (TPSA) is 70.7 Å². The van der Waals surface area contributed by atoms with Crippen LogP contribution in [0.4, 0.5) is 11.5 Å². The van der Waals surface area contributed by atoms with Crippen LogP contribution >= 0.6 is 0 Å². The zero-order valence-electron chi connectivity index (χ0n) is 8.19. The average Bonchev–Trinajstić information content (AvgIpc) is 2.22. The maximum atomic E-state index is 10.9. The molecule has 2 rings (SSSR count). The van der Waals surface area contributed by atoms with Gasteiger partial charge in [0.2, 0.25) is 0 Å². The maximum Gasteiger partial charge on any atom is 0.363 e. The number of hydrogen-bond acceptors (Lipinski definition) is 4. The number of aromatic amines is 1. The number of aromatic nitrogens is 3. The molecule has 1 heterocycles. The molecule has 2 N–H and O–H groups in total. The molecule has 0 amide bonds. The summed E-state index contributed by atoms with van der Waals surface area (Å²) in [4.78, 5) is 14.6. The van der Waals surface area contributed by atoms with E-state index in [0.717, 1.165) is 5.69 Å². The monoisotopic (exact) mass is 202 g/mol. The van der Waals surface area contributed by atoms with Crippen LogP contribution in [0.2, 0.25) is 0 Å². The Labute approximate surface area is 86.2 Å². The zero-order valence-corrected chi connectivity index (χ0v) is 8.19. The summed E-state index contributed by atoms with van der Waals surface area (Å²) < 4.78 is 0. The highest BCUT2D eigenvalue weighted by atomic mass is 16.1. The van der Waals surface area contributed by atoms with Gasteiger partial charge in [0.1, 0.15) is 0 Å². The normalized spacial score (nSPS) is 9.93. The molecule has 5 nitrogen and oxygen atoms in total. The van der Waals surface area contributed by atoms with Gasteiger partial charge in [-0.05, 0) is 19.1 Å². The summed E-state index contributed by atoms with van der Waals surface area (Å²) in [7, 11) is 0. The Morgan fingerprint density at radius 3 is 2.67 bits per heavy atom. The van der Waals surface area contributed by atoms with Crippen molar-refractivity contribution >= 4 is 11.5 Å². The lowest BCUT2D eigenvalue weighted by atomic mass is 10.2. The van der Waals surface area contributed by atoms with Crippen LogP contribution in [0.3, 0.4) is 0 Å². The first-order chi connectivity index (χ1) is 7.24. The van der Waals surface area contributed by atoms with Gasteiger partial charge in [0.05, 0.1) is 6.20 Å². The Kier molecular flexibility index (Phi) is 2.45. The Hall–Kier alpha value is -2.17. The van der Waals surface area contributed by atoms with Crippen molar-refractivity contribution in [1.82, 2.24) is 15.2 Å². The number of aryl methyl sites for hydroxylation is 1. The molecule has 0 aliphatic carbocycles. The summed E-state index contributed by atoms with van der Waals surface area (Å²) in [5, 5.41) is 8.82. The smallest absolute Gasteiger partial charge is 0.339 e. The van der Waals surface area contributed by atoms with Crippen molar-refractivity contribution in [3.8, 4) is 0 Å². The van der Waals surface area contributed by atoms with Gasteiger partial charge >= 0.3 is 5.69 Å². The van der Waals surface area contributed by atoms with Crippen LogP contribution in [0.15, 0.2) is 35.3 Å². The first kappa shape index (κ1) is 9.39. The number of nitrogens with one attached hydrogen (secondary N) is 2. The minimum Gasteiger partial charge on any atom is -0.339 e. The molecule has 0 spiro atoms. The summed E-state index contributed by atoms with van der Waals surface area (Å²) in [5.41, 5.74) is 1.59. The minimum absolute atomic E-state index is 0.433. The average molecular weight is 202 g/mol. The minimum atomic E-state index is -0.466. The lowest BCUT2D eigenvalue weighted by Gasteiger charge is -2.03. The third-order valence-electron chi connectivity index (χ3n) is 1.89. The Morgan fingerprint density at radius 2 is 2.00 bits per heavy atom. The second-order valence-electron chi connectivity index (χ2n) is 3.16. The van der Waals surface area contributed by atoms with Gasteiger partial charge in [-0.2, -0.15) is 10.1 Å². The van der Waals surface area contributed by atoms with Crippen molar-refractivity contribution in [2.24, 2.45) is 0 Å². The van der Waals surface area contributed by atoms with Crippen molar-refractivity contribution in [3.05, 3.63) is 46.5 Å². The summed E-state index contributed by atoms with van der Waals surface area (Å²) in [6.07, 6.45) is 1.46. The molecule has 1 aromatic heterocycles. The van der Waals surface area contributed by atoms with Crippen LogP contribution in [-0.4, -0.2) is 15.2 Å². The Bertz CT molecular complexity index is 503. The fourth-order valence-corrected chi connectivity index (χ4v) is 1.16. The molecule has 0 radical (unpaired) electrons. The van der Waals surface area contributed by atoms with E-state index in [0.29, 0.717) is 5.82 Å². The molecule has 76 valence electrons. The van der Waals surface area contributed by atoms with Gasteiger partial charge in [0.15, 0.2) is 5.82 Å². The molecule has 0 saturated heterocycles. The molecule has 0 bridgehead atoms. The summed E-state index contributed by atoms with van der Waals surface area (Å²) in [6, 6.07) is 7.78. The quantitative estimate of drug-likeness (QED) is 0.768. The zero-order chi connectivity index (χ0) is 10.7. The summed E-state index contributed by atoms with van der Waals surface area (Å²) in [6.45, 7) is 2.01. The van der Waals surface area contributed by atoms with E-state index in [1.54, 1.807) is 0 Å². The van der Waals surface area contributed by atoms with Crippen molar-refractivity contribution in [2.45, 2.75) is 6.92 Å². The summed E-state index contributed by atoms with van der Waals surface area (Å²) >= 11 is 0. The van der Waals surface area contributed by atoms with E-state index in [4.69, 9.17) is 0 Å². The molecule has 2 aromatic rings. The molecule has 0 saturated carbocycles. The third-order valence-corrected chi connectivity index (χ3v) is 1.89. The fraction of sp³-hybridized carbons (Fsp3) is 0.100. The lowest BCUT2D eigenvalue weighted by Crippen LogP contribution is -2.13. The third kappa shape index (κ3) is 2.40. The number of rotatable bonds is 2. The number of H-pyrrole nitrogens is 1. The number of hydrogen-bond donors (Lipinski definition) is 2. The molecular formula is C10H10N4O. The Balaban J connectivity index is 2.22. The van der Waals surface area contributed by atoms with E-state index in [9.17, 15) is 4.79 Å². The SMILES string of the molecule is Cc1ccc(Nc2cn[nH]c(=O)n2)cc1. The lowest BCUT2D eigenvalue weighted by molar-refractivity contribution is 0.918. The van der Waals surface area contributed by atoms with Gasteiger partial charge in [-0.25, -0.2) is 9.89 Å². The van der Waals surface area contributed by atoms with Crippen molar-refractivity contribution in [2.75, 3.05) is 5.32 Å². The Morgan fingerprint density at radius 1 is 1.27 bits per heavy atom. The van der Waals surface area contributed by atoms with E-state index in [2.05, 4.69) is 20.5 Å². The van der Waals surface area contributed by atoms with Crippen molar-refractivity contribution in [3.63, 3.8) is 0 Å². The van der Waals surface area contributed by atoms with E-state index in [1.807, 2.05) is 31.2 Å². The number of nitrogens with zero attached hydrogens (tertiary/aromatic N) is 2. The van der Waals surface area contributed by atoms with Gasteiger partial charge in [0, 0.05) is 5.69 Å². The van der Waals surface area contributed by atoms with Gasteiger partial charge in [-0.15, -0.1) is 0 Å². The van der Waals surface area contributed by atoms with Gasteiger partial charge in [-0.1, -0.05) is 17.7 Å². The molecule has 0 atom stereocenters. The molecule has 0 unspecified atom stereocenters. The van der Waals surface area contributed by atoms with E-state index in [1.165, 1.54) is 11.8 Å². The first-order valence-electron chi connectivity index (χ1n) is 4.49.